The quantitative estimate of drug-likeness (QED) is 0.744. The van der Waals surface area contributed by atoms with Crippen LogP contribution in [0.2, 0.25) is 0 Å². The molecule has 1 saturated heterocycles. The van der Waals surface area contributed by atoms with Crippen LogP contribution in [0.4, 0.5) is 13.2 Å². The van der Waals surface area contributed by atoms with E-state index < -0.39 is 11.7 Å². The van der Waals surface area contributed by atoms with E-state index in [-0.39, 0.29) is 0 Å². The van der Waals surface area contributed by atoms with Crippen molar-refractivity contribution in [2.75, 3.05) is 26.3 Å². The van der Waals surface area contributed by atoms with Crippen molar-refractivity contribution in [1.29, 1.82) is 5.26 Å². The molecule has 0 aromatic heterocycles. The van der Waals surface area contributed by atoms with Gasteiger partial charge in [0.1, 0.15) is 0 Å². The van der Waals surface area contributed by atoms with E-state index in [9.17, 15) is 18.4 Å². The molecule has 0 aliphatic carbocycles. The summed E-state index contributed by atoms with van der Waals surface area (Å²) in [6.07, 6.45) is -4.37. The fourth-order valence-corrected chi connectivity index (χ4v) is 4.05. The van der Waals surface area contributed by atoms with Crippen molar-refractivity contribution in [2.45, 2.75) is 29.4 Å². The molecule has 2 aromatic rings. The minimum Gasteiger partial charge on any atom is -0.379 e. The second kappa shape index (κ2) is 8.34. The van der Waals surface area contributed by atoms with Crippen LogP contribution in [-0.4, -0.2) is 31.2 Å². The Labute approximate surface area is 160 Å². The molecule has 1 aliphatic rings. The largest absolute Gasteiger partial charge is 0.416 e. The molecule has 0 N–H and O–H groups in total. The van der Waals surface area contributed by atoms with Crippen LogP contribution in [0.3, 0.4) is 0 Å². The van der Waals surface area contributed by atoms with Crippen LogP contribution in [-0.2, 0) is 17.5 Å². The SMILES string of the molecule is Cc1cc(Sc2ccc(C#N)cc2CN2CCOCC2)cc(C(F)(F)F)c1. The van der Waals surface area contributed by atoms with Gasteiger partial charge in [0.25, 0.3) is 0 Å². The van der Waals surface area contributed by atoms with E-state index in [4.69, 9.17) is 4.74 Å². The molecule has 2 aromatic carbocycles. The molecular weight excluding hydrogens is 373 g/mol. The van der Waals surface area contributed by atoms with Gasteiger partial charge in [-0.1, -0.05) is 11.8 Å². The van der Waals surface area contributed by atoms with Gasteiger partial charge in [0.05, 0.1) is 30.4 Å². The number of morpholine rings is 1. The highest BCUT2D eigenvalue weighted by Gasteiger charge is 2.31. The van der Waals surface area contributed by atoms with Crippen LogP contribution in [0, 0.1) is 18.3 Å². The second-order valence-corrected chi connectivity index (χ2v) is 7.57. The molecular formula is C20H19F3N2OS. The third-order valence-corrected chi connectivity index (χ3v) is 5.38. The zero-order valence-corrected chi connectivity index (χ0v) is 15.7. The number of aryl methyl sites for hydroxylation is 1. The number of rotatable bonds is 4. The summed E-state index contributed by atoms with van der Waals surface area (Å²) >= 11 is 1.30. The van der Waals surface area contributed by atoms with Crippen LogP contribution in [0.1, 0.15) is 22.3 Å². The second-order valence-electron chi connectivity index (χ2n) is 6.46. The smallest absolute Gasteiger partial charge is 0.379 e. The van der Waals surface area contributed by atoms with Gasteiger partial charge in [0.2, 0.25) is 0 Å². The van der Waals surface area contributed by atoms with Gasteiger partial charge in [-0.25, -0.2) is 0 Å². The molecule has 3 nitrogen and oxygen atoms in total. The van der Waals surface area contributed by atoms with Crippen molar-refractivity contribution < 1.29 is 17.9 Å². The summed E-state index contributed by atoms with van der Waals surface area (Å²) in [5.74, 6) is 0. The van der Waals surface area contributed by atoms with Crippen LogP contribution >= 0.6 is 11.8 Å². The first-order valence-corrected chi connectivity index (χ1v) is 9.36. The summed E-state index contributed by atoms with van der Waals surface area (Å²) in [6, 6.07) is 11.5. The third kappa shape index (κ3) is 5.25. The number of hydrogen-bond donors (Lipinski definition) is 0. The Morgan fingerprint density at radius 2 is 1.89 bits per heavy atom. The maximum absolute atomic E-state index is 13.1. The number of nitriles is 1. The molecule has 0 amide bonds. The summed E-state index contributed by atoms with van der Waals surface area (Å²) in [5.41, 5.74) is 1.41. The van der Waals surface area contributed by atoms with Gasteiger partial charge < -0.3 is 4.74 Å². The normalized spacial score (nSPS) is 15.5. The zero-order valence-electron chi connectivity index (χ0n) is 14.8. The average molecular weight is 392 g/mol. The minimum atomic E-state index is -4.37. The third-order valence-electron chi connectivity index (χ3n) is 4.29. The highest BCUT2D eigenvalue weighted by atomic mass is 32.2. The first-order valence-electron chi connectivity index (χ1n) is 8.55. The fourth-order valence-electron chi connectivity index (χ4n) is 2.97. The first-order chi connectivity index (χ1) is 12.8. The molecule has 0 unspecified atom stereocenters. The molecule has 0 saturated carbocycles. The molecule has 0 bridgehead atoms. The van der Waals surface area contributed by atoms with E-state index in [1.165, 1.54) is 17.8 Å². The molecule has 7 heteroatoms. The molecule has 0 spiro atoms. The van der Waals surface area contributed by atoms with Crippen molar-refractivity contribution in [3.8, 4) is 6.07 Å². The Balaban J connectivity index is 1.90. The van der Waals surface area contributed by atoms with Gasteiger partial charge in [0.15, 0.2) is 0 Å². The Morgan fingerprint density at radius 1 is 1.15 bits per heavy atom. The molecule has 142 valence electrons. The topological polar surface area (TPSA) is 36.3 Å². The number of halogens is 3. The Hall–Kier alpha value is -2.01. The number of hydrogen-bond acceptors (Lipinski definition) is 4. The standard InChI is InChI=1S/C20H19F3N2OS/c1-14-8-17(20(21,22)23)11-18(9-14)27-19-3-2-15(12-24)10-16(19)13-25-4-6-26-7-5-25/h2-3,8-11H,4-7,13H2,1H3. The van der Waals surface area contributed by atoms with E-state index in [1.54, 1.807) is 19.1 Å². The monoisotopic (exact) mass is 392 g/mol. The maximum Gasteiger partial charge on any atom is 0.416 e. The zero-order chi connectivity index (χ0) is 19.4. The van der Waals surface area contributed by atoms with Crippen molar-refractivity contribution in [1.82, 2.24) is 4.90 Å². The maximum atomic E-state index is 13.1. The molecule has 1 heterocycles. The highest BCUT2D eigenvalue weighted by Crippen LogP contribution is 2.37. The van der Waals surface area contributed by atoms with Crippen molar-refractivity contribution in [2.24, 2.45) is 0 Å². The summed E-state index contributed by atoms with van der Waals surface area (Å²) in [7, 11) is 0. The van der Waals surface area contributed by atoms with Crippen molar-refractivity contribution in [3.05, 3.63) is 58.7 Å². The van der Waals surface area contributed by atoms with Crippen LogP contribution < -0.4 is 0 Å². The average Bonchev–Trinajstić information content (AvgIpc) is 2.63. The lowest BCUT2D eigenvalue weighted by molar-refractivity contribution is -0.137. The predicted octanol–water partition coefficient (Wildman–Crippen LogP) is 4.87. The number of alkyl halides is 3. The van der Waals surface area contributed by atoms with E-state index in [1.807, 2.05) is 12.1 Å². The number of benzene rings is 2. The minimum absolute atomic E-state index is 0.537. The fraction of sp³-hybridized carbons (Fsp3) is 0.350. The molecule has 3 rings (SSSR count). The van der Waals surface area contributed by atoms with E-state index in [2.05, 4.69) is 11.0 Å². The van der Waals surface area contributed by atoms with Crippen molar-refractivity contribution >= 4 is 11.8 Å². The first kappa shape index (κ1) is 19.7. The Kier molecular flexibility index (Phi) is 6.10. The summed E-state index contributed by atoms with van der Waals surface area (Å²) in [4.78, 5) is 3.62. The Morgan fingerprint density at radius 3 is 2.56 bits per heavy atom. The highest BCUT2D eigenvalue weighted by molar-refractivity contribution is 7.99. The summed E-state index contributed by atoms with van der Waals surface area (Å²) < 4.78 is 44.7. The van der Waals surface area contributed by atoms with Gasteiger partial charge in [-0.15, -0.1) is 0 Å². The predicted molar refractivity (Wildman–Crippen MR) is 97.6 cm³/mol. The van der Waals surface area contributed by atoms with E-state index in [0.29, 0.717) is 35.8 Å². The molecule has 27 heavy (non-hydrogen) atoms. The Bertz CT molecular complexity index is 855. The van der Waals surface area contributed by atoms with Gasteiger partial charge in [-0.05, 0) is 54.4 Å². The van der Waals surface area contributed by atoms with E-state index in [0.717, 1.165) is 29.6 Å². The summed E-state index contributed by atoms with van der Waals surface area (Å²) in [6.45, 7) is 5.21. The lowest BCUT2D eigenvalue weighted by atomic mass is 10.1. The number of nitrogens with zero attached hydrogens (tertiary/aromatic N) is 2. The summed E-state index contributed by atoms with van der Waals surface area (Å²) in [5, 5.41) is 9.20. The van der Waals surface area contributed by atoms with Gasteiger partial charge in [-0.3, -0.25) is 4.90 Å². The molecule has 1 aliphatic heterocycles. The lowest BCUT2D eigenvalue weighted by Crippen LogP contribution is -2.35. The molecule has 1 fully saturated rings. The number of ether oxygens (including phenoxy) is 1. The molecule has 0 radical (unpaired) electrons. The molecule has 0 atom stereocenters. The van der Waals surface area contributed by atoms with Crippen LogP contribution in [0.5, 0.6) is 0 Å². The van der Waals surface area contributed by atoms with Gasteiger partial charge >= 0.3 is 6.18 Å². The van der Waals surface area contributed by atoms with Gasteiger partial charge in [0, 0.05) is 29.4 Å². The van der Waals surface area contributed by atoms with E-state index >= 15 is 0 Å². The lowest BCUT2D eigenvalue weighted by Gasteiger charge is -2.27. The van der Waals surface area contributed by atoms with Gasteiger partial charge in [-0.2, -0.15) is 18.4 Å². The van der Waals surface area contributed by atoms with Crippen molar-refractivity contribution in [3.63, 3.8) is 0 Å². The van der Waals surface area contributed by atoms with Crippen LogP contribution in [0.15, 0.2) is 46.2 Å². The van der Waals surface area contributed by atoms with Crippen LogP contribution in [0.25, 0.3) is 0 Å².